The van der Waals surface area contributed by atoms with Gasteiger partial charge in [-0.3, -0.25) is 4.79 Å². The van der Waals surface area contributed by atoms with Crippen molar-refractivity contribution in [3.05, 3.63) is 106 Å². The average Bonchev–Trinajstić information content (AvgIpc) is 3.25. The molecule has 0 spiro atoms. The van der Waals surface area contributed by atoms with Crippen LogP contribution in [0.3, 0.4) is 0 Å². The molecule has 182 valence electrons. The molecule has 9 heteroatoms. The third kappa shape index (κ3) is 5.76. The number of rotatable bonds is 8. The second kappa shape index (κ2) is 11.1. The minimum atomic E-state index is -1.15. The van der Waals surface area contributed by atoms with Gasteiger partial charge in [-0.15, -0.1) is 0 Å². The van der Waals surface area contributed by atoms with Gasteiger partial charge in [-0.05, 0) is 66.6 Å². The van der Waals surface area contributed by atoms with Crippen LogP contribution in [0.4, 0.5) is 0 Å². The summed E-state index contributed by atoms with van der Waals surface area (Å²) in [7, 11) is 0. The van der Waals surface area contributed by atoms with Gasteiger partial charge in [-0.25, -0.2) is 10.2 Å². The Balaban J connectivity index is 1.45. The highest BCUT2D eigenvalue weighted by molar-refractivity contribution is 6.37. The topological polar surface area (TPSA) is 92.9 Å². The van der Waals surface area contributed by atoms with Crippen LogP contribution in [0, 0.1) is 6.92 Å². The summed E-state index contributed by atoms with van der Waals surface area (Å²) in [6, 6.07) is 24.5. The van der Waals surface area contributed by atoms with E-state index in [2.05, 4.69) is 39.4 Å². The smallest absolute Gasteiger partial charge is 0.341 e. The number of aryl methyl sites for hydroxylation is 1. The van der Waals surface area contributed by atoms with Crippen LogP contribution in [0.1, 0.15) is 21.6 Å². The molecule has 0 aliphatic rings. The summed E-state index contributed by atoms with van der Waals surface area (Å²) in [5.74, 6) is -1.47. The molecule has 36 heavy (non-hydrogen) atoms. The fraction of sp³-hybridized carbons (Fsp3) is 0.0741. The number of carbonyl (C=O) groups is 2. The van der Waals surface area contributed by atoms with Gasteiger partial charge in [0.05, 0.1) is 22.0 Å². The number of nitrogens with zero attached hydrogens (tertiary/aromatic N) is 2. The van der Waals surface area contributed by atoms with Gasteiger partial charge in [-0.2, -0.15) is 5.10 Å². The van der Waals surface area contributed by atoms with Gasteiger partial charge in [0, 0.05) is 16.9 Å². The van der Waals surface area contributed by atoms with Crippen molar-refractivity contribution in [1.82, 2.24) is 9.99 Å². The first kappa shape index (κ1) is 25.0. The van der Waals surface area contributed by atoms with Crippen molar-refractivity contribution in [1.29, 1.82) is 0 Å². The van der Waals surface area contributed by atoms with E-state index in [-0.39, 0.29) is 21.7 Å². The Morgan fingerprint density at radius 2 is 1.67 bits per heavy atom. The predicted molar refractivity (Wildman–Crippen MR) is 141 cm³/mol. The monoisotopic (exact) mass is 521 g/mol. The van der Waals surface area contributed by atoms with Crippen LogP contribution in [0.2, 0.25) is 10.0 Å². The molecule has 2 N–H and O–H groups in total. The van der Waals surface area contributed by atoms with Crippen molar-refractivity contribution in [3.63, 3.8) is 0 Å². The maximum absolute atomic E-state index is 12.6. The zero-order valence-electron chi connectivity index (χ0n) is 19.1. The van der Waals surface area contributed by atoms with E-state index in [0.29, 0.717) is 11.1 Å². The minimum absolute atomic E-state index is 0.0651. The summed E-state index contributed by atoms with van der Waals surface area (Å²) in [5.41, 5.74) is 7.59. The Hall–Kier alpha value is -4.07. The lowest BCUT2D eigenvalue weighted by Gasteiger charge is -2.12. The highest BCUT2D eigenvalue weighted by atomic mass is 35.5. The van der Waals surface area contributed by atoms with Crippen molar-refractivity contribution in [3.8, 4) is 22.7 Å². The Bertz CT molecular complexity index is 1410. The molecule has 4 aromatic rings. The minimum Gasteiger partial charge on any atom is -0.479 e. The second-order valence-electron chi connectivity index (χ2n) is 7.80. The van der Waals surface area contributed by atoms with Crippen molar-refractivity contribution in [2.24, 2.45) is 5.10 Å². The molecular formula is C27H21Cl2N3O4. The Kier molecular flexibility index (Phi) is 7.73. The first-order valence-electron chi connectivity index (χ1n) is 10.8. The standard InChI is InChI=1S/C27H21Cl2N3O4/c1-17-7-12-24(19-5-3-2-4-6-19)32(17)21-10-8-20(9-11-21)27(35)31-30-15-18-13-22(28)26(23(29)14-18)36-16-25(33)34/h2-15H,16H2,1H3,(H,31,35)(H,33,34)/b30-15+. The van der Waals surface area contributed by atoms with Gasteiger partial charge < -0.3 is 14.4 Å². The van der Waals surface area contributed by atoms with Crippen molar-refractivity contribution in [2.75, 3.05) is 6.61 Å². The number of hydrazone groups is 1. The molecule has 0 unspecified atom stereocenters. The van der Waals surface area contributed by atoms with Crippen LogP contribution in [-0.2, 0) is 4.79 Å². The summed E-state index contributed by atoms with van der Waals surface area (Å²) < 4.78 is 7.21. The number of carboxylic acid groups (broad SMARTS) is 1. The average molecular weight is 522 g/mol. The zero-order valence-corrected chi connectivity index (χ0v) is 20.6. The van der Waals surface area contributed by atoms with Crippen molar-refractivity contribution in [2.45, 2.75) is 6.92 Å². The van der Waals surface area contributed by atoms with Crippen LogP contribution in [0.5, 0.6) is 5.75 Å². The Labute approximate surface area is 217 Å². The van der Waals surface area contributed by atoms with E-state index in [9.17, 15) is 9.59 Å². The van der Waals surface area contributed by atoms with Crippen LogP contribution < -0.4 is 10.2 Å². The lowest BCUT2D eigenvalue weighted by atomic mass is 10.1. The summed E-state index contributed by atoms with van der Waals surface area (Å²) in [6.45, 7) is 1.46. The predicted octanol–water partition coefficient (Wildman–Crippen LogP) is 5.99. The summed E-state index contributed by atoms with van der Waals surface area (Å²) in [5, 5.41) is 13.0. The number of hydrogen-bond donors (Lipinski definition) is 2. The highest BCUT2D eigenvalue weighted by Gasteiger charge is 2.12. The van der Waals surface area contributed by atoms with E-state index in [1.165, 1.54) is 18.3 Å². The molecule has 0 aliphatic carbocycles. The molecule has 7 nitrogen and oxygen atoms in total. The molecule has 0 saturated heterocycles. The molecular weight excluding hydrogens is 501 g/mol. The summed E-state index contributed by atoms with van der Waals surface area (Å²) >= 11 is 12.2. The molecule has 1 aromatic heterocycles. The van der Waals surface area contributed by atoms with Crippen molar-refractivity contribution < 1.29 is 19.4 Å². The molecule has 1 amide bonds. The summed E-state index contributed by atoms with van der Waals surface area (Å²) in [6.07, 6.45) is 1.38. The molecule has 0 radical (unpaired) electrons. The largest absolute Gasteiger partial charge is 0.479 e. The van der Waals surface area contributed by atoms with E-state index in [4.69, 9.17) is 33.0 Å². The summed E-state index contributed by atoms with van der Waals surface area (Å²) in [4.78, 5) is 23.2. The Morgan fingerprint density at radius 1 is 1.00 bits per heavy atom. The number of aliphatic carboxylic acids is 1. The number of ether oxygens (including phenoxy) is 1. The van der Waals surface area contributed by atoms with E-state index in [1.54, 1.807) is 12.1 Å². The number of carboxylic acids is 1. The number of amides is 1. The normalized spacial score (nSPS) is 11.0. The zero-order chi connectivity index (χ0) is 25.7. The fourth-order valence-electron chi connectivity index (χ4n) is 3.63. The van der Waals surface area contributed by atoms with Gasteiger partial charge in [0.25, 0.3) is 5.91 Å². The third-order valence-corrected chi connectivity index (χ3v) is 5.84. The van der Waals surface area contributed by atoms with Gasteiger partial charge in [0.15, 0.2) is 12.4 Å². The van der Waals surface area contributed by atoms with E-state index < -0.39 is 12.6 Å². The molecule has 0 aliphatic heterocycles. The molecule has 0 saturated carbocycles. The second-order valence-corrected chi connectivity index (χ2v) is 8.62. The number of benzene rings is 3. The van der Waals surface area contributed by atoms with Crippen LogP contribution in [0.15, 0.2) is 84.0 Å². The van der Waals surface area contributed by atoms with E-state index >= 15 is 0 Å². The van der Waals surface area contributed by atoms with Gasteiger partial charge >= 0.3 is 5.97 Å². The SMILES string of the molecule is Cc1ccc(-c2ccccc2)n1-c1ccc(C(=O)N/N=C/c2cc(Cl)c(OCC(=O)O)c(Cl)c2)cc1. The van der Waals surface area contributed by atoms with Crippen LogP contribution in [-0.4, -0.2) is 34.4 Å². The van der Waals surface area contributed by atoms with E-state index in [0.717, 1.165) is 22.6 Å². The maximum Gasteiger partial charge on any atom is 0.341 e. The molecule has 0 fully saturated rings. The lowest BCUT2D eigenvalue weighted by Crippen LogP contribution is -2.17. The fourth-order valence-corrected chi connectivity index (χ4v) is 4.25. The lowest BCUT2D eigenvalue weighted by molar-refractivity contribution is -0.139. The molecule has 4 rings (SSSR count). The van der Waals surface area contributed by atoms with Crippen LogP contribution in [0.25, 0.3) is 16.9 Å². The van der Waals surface area contributed by atoms with Gasteiger partial charge in [-0.1, -0.05) is 53.5 Å². The molecule has 3 aromatic carbocycles. The first-order valence-corrected chi connectivity index (χ1v) is 11.6. The highest BCUT2D eigenvalue weighted by Crippen LogP contribution is 2.34. The van der Waals surface area contributed by atoms with Crippen LogP contribution >= 0.6 is 23.2 Å². The molecule has 1 heterocycles. The quantitative estimate of drug-likeness (QED) is 0.220. The first-order chi connectivity index (χ1) is 17.3. The maximum atomic E-state index is 12.6. The van der Waals surface area contributed by atoms with Gasteiger partial charge in [0.1, 0.15) is 0 Å². The number of carbonyl (C=O) groups excluding carboxylic acids is 1. The number of hydrogen-bond acceptors (Lipinski definition) is 4. The Morgan fingerprint density at radius 3 is 2.31 bits per heavy atom. The number of aromatic nitrogens is 1. The third-order valence-electron chi connectivity index (χ3n) is 5.27. The molecule has 0 atom stereocenters. The van der Waals surface area contributed by atoms with E-state index in [1.807, 2.05) is 37.3 Å². The van der Waals surface area contributed by atoms with Crippen molar-refractivity contribution >= 4 is 41.3 Å². The number of halogens is 2. The number of nitrogens with one attached hydrogen (secondary N) is 1. The molecule has 0 bridgehead atoms. The van der Waals surface area contributed by atoms with Gasteiger partial charge in [0.2, 0.25) is 0 Å².